The van der Waals surface area contributed by atoms with Crippen LogP contribution < -0.4 is 0 Å². The Balaban J connectivity index is 2.42. The van der Waals surface area contributed by atoms with Crippen LogP contribution in [0.3, 0.4) is 0 Å². The van der Waals surface area contributed by atoms with E-state index in [0.29, 0.717) is 0 Å². The zero-order valence-corrected chi connectivity index (χ0v) is 5.12. The van der Waals surface area contributed by atoms with Crippen molar-refractivity contribution in [3.05, 3.63) is 0 Å². The van der Waals surface area contributed by atoms with E-state index in [-0.39, 0.29) is 4.75 Å². The van der Waals surface area contributed by atoms with Crippen molar-refractivity contribution in [1.82, 2.24) is 0 Å². The highest BCUT2D eigenvalue weighted by Crippen LogP contribution is 2.45. The third-order valence-corrected chi connectivity index (χ3v) is 2.74. The summed E-state index contributed by atoms with van der Waals surface area (Å²) in [7, 11) is 0. The molecule has 0 amide bonds. The van der Waals surface area contributed by atoms with Crippen LogP contribution in [0.4, 0.5) is 0 Å². The van der Waals surface area contributed by atoms with Gasteiger partial charge in [-0.25, -0.2) is 0 Å². The maximum Gasteiger partial charge on any atom is 0.136 e. The second kappa shape index (κ2) is 1.51. The van der Waals surface area contributed by atoms with Crippen molar-refractivity contribution in [1.29, 1.82) is 0 Å². The Hall–Kier alpha value is 0.0200. The molecule has 40 valence electrons. The van der Waals surface area contributed by atoms with Crippen molar-refractivity contribution in [3.63, 3.8) is 0 Å². The van der Waals surface area contributed by atoms with E-state index in [2.05, 4.69) is 6.92 Å². The zero-order valence-electron chi connectivity index (χ0n) is 4.31. The predicted molar refractivity (Wildman–Crippen MR) is 31.5 cm³/mol. The van der Waals surface area contributed by atoms with E-state index in [4.69, 9.17) is 0 Å². The van der Waals surface area contributed by atoms with Crippen molar-refractivity contribution in [2.45, 2.75) is 18.1 Å². The van der Waals surface area contributed by atoms with Crippen molar-refractivity contribution >= 4 is 18.0 Å². The highest BCUT2D eigenvalue weighted by atomic mass is 32.2. The minimum atomic E-state index is 0.0694. The first-order chi connectivity index (χ1) is 3.33. The summed E-state index contributed by atoms with van der Waals surface area (Å²) < 4.78 is 0.0694. The standard InChI is InChI=1S/C5H8OS/c1-2-5(3-6)4-7-5/h3H,2,4H2,1H3. The Labute approximate surface area is 47.5 Å². The first-order valence-electron chi connectivity index (χ1n) is 2.43. The molecule has 1 atom stereocenters. The molecule has 7 heavy (non-hydrogen) atoms. The third-order valence-electron chi connectivity index (χ3n) is 1.33. The summed E-state index contributed by atoms with van der Waals surface area (Å²) in [5, 5.41) is 0. The Morgan fingerprint density at radius 3 is 2.57 bits per heavy atom. The van der Waals surface area contributed by atoms with Crippen LogP contribution in [0.1, 0.15) is 13.3 Å². The van der Waals surface area contributed by atoms with Gasteiger partial charge in [-0.3, -0.25) is 0 Å². The summed E-state index contributed by atoms with van der Waals surface area (Å²) in [5.74, 6) is 1.05. The quantitative estimate of drug-likeness (QED) is 0.396. The number of hydrogen-bond acceptors (Lipinski definition) is 2. The van der Waals surface area contributed by atoms with Gasteiger partial charge in [0.25, 0.3) is 0 Å². The monoisotopic (exact) mass is 116 g/mol. The summed E-state index contributed by atoms with van der Waals surface area (Å²) in [6.45, 7) is 2.05. The van der Waals surface area contributed by atoms with E-state index in [1.54, 1.807) is 11.8 Å². The summed E-state index contributed by atoms with van der Waals surface area (Å²) in [4.78, 5) is 10.1. The number of rotatable bonds is 2. The van der Waals surface area contributed by atoms with Crippen molar-refractivity contribution < 1.29 is 4.79 Å². The van der Waals surface area contributed by atoms with Crippen LogP contribution in [0.5, 0.6) is 0 Å². The first kappa shape index (κ1) is 5.16. The predicted octanol–water partition coefficient (Wildman–Crippen LogP) is 1.08. The number of aldehydes is 1. The summed E-state index contributed by atoms with van der Waals surface area (Å²) in [6.07, 6.45) is 2.07. The maximum absolute atomic E-state index is 10.1. The second-order valence-corrected chi connectivity index (χ2v) is 3.22. The van der Waals surface area contributed by atoms with Crippen LogP contribution >= 0.6 is 11.8 Å². The fourth-order valence-corrected chi connectivity index (χ4v) is 1.18. The van der Waals surface area contributed by atoms with Gasteiger partial charge in [0.15, 0.2) is 0 Å². The molecule has 1 nitrogen and oxygen atoms in total. The van der Waals surface area contributed by atoms with Gasteiger partial charge in [-0.2, -0.15) is 0 Å². The molecule has 1 heterocycles. The molecule has 1 fully saturated rings. The van der Waals surface area contributed by atoms with Crippen molar-refractivity contribution in [2.24, 2.45) is 0 Å². The topological polar surface area (TPSA) is 17.1 Å². The van der Waals surface area contributed by atoms with Gasteiger partial charge in [-0.05, 0) is 6.42 Å². The molecule has 0 aromatic rings. The molecular formula is C5H8OS. The maximum atomic E-state index is 10.1. The Morgan fingerprint density at radius 1 is 2.00 bits per heavy atom. The van der Waals surface area contributed by atoms with Crippen molar-refractivity contribution in [2.75, 3.05) is 5.75 Å². The highest BCUT2D eigenvalue weighted by molar-refractivity contribution is 8.08. The van der Waals surface area contributed by atoms with Crippen LogP contribution in [-0.4, -0.2) is 16.8 Å². The van der Waals surface area contributed by atoms with Gasteiger partial charge in [0, 0.05) is 5.75 Å². The molecule has 0 spiro atoms. The van der Waals surface area contributed by atoms with Crippen LogP contribution in [0.25, 0.3) is 0 Å². The lowest BCUT2D eigenvalue weighted by Crippen LogP contribution is -2.06. The molecule has 1 aliphatic rings. The van der Waals surface area contributed by atoms with Crippen LogP contribution in [0.2, 0.25) is 0 Å². The molecule has 0 N–H and O–H groups in total. The molecule has 0 bridgehead atoms. The molecule has 0 aliphatic carbocycles. The van der Waals surface area contributed by atoms with Gasteiger partial charge in [0.1, 0.15) is 6.29 Å². The molecule has 0 aromatic heterocycles. The fourth-order valence-electron chi connectivity index (χ4n) is 0.448. The lowest BCUT2D eigenvalue weighted by molar-refractivity contribution is -0.108. The summed E-state index contributed by atoms with van der Waals surface area (Å²) in [6, 6.07) is 0. The van der Waals surface area contributed by atoms with E-state index in [1.807, 2.05) is 0 Å². The van der Waals surface area contributed by atoms with Crippen LogP contribution in [-0.2, 0) is 4.79 Å². The van der Waals surface area contributed by atoms with Gasteiger partial charge < -0.3 is 4.79 Å². The Kier molecular flexibility index (Phi) is 1.11. The Bertz CT molecular complexity index is 86.1. The lowest BCUT2D eigenvalue weighted by atomic mass is 10.1. The Morgan fingerprint density at radius 2 is 2.57 bits per heavy atom. The number of thioether (sulfide) groups is 1. The normalized spacial score (nSPS) is 37.9. The molecule has 0 aromatic carbocycles. The first-order valence-corrected chi connectivity index (χ1v) is 3.42. The average molecular weight is 116 g/mol. The zero-order chi connectivity index (χ0) is 5.33. The smallest absolute Gasteiger partial charge is 0.136 e. The largest absolute Gasteiger partial charge is 0.302 e. The molecular weight excluding hydrogens is 108 g/mol. The van der Waals surface area contributed by atoms with Gasteiger partial charge in [0.05, 0.1) is 4.75 Å². The van der Waals surface area contributed by atoms with Crippen LogP contribution in [0.15, 0.2) is 0 Å². The fraction of sp³-hybridized carbons (Fsp3) is 0.800. The number of carbonyl (C=O) groups excluding carboxylic acids is 1. The van der Waals surface area contributed by atoms with Crippen LogP contribution in [0, 0.1) is 0 Å². The van der Waals surface area contributed by atoms with E-state index < -0.39 is 0 Å². The van der Waals surface area contributed by atoms with Gasteiger partial charge in [0.2, 0.25) is 0 Å². The van der Waals surface area contributed by atoms with Gasteiger partial charge >= 0.3 is 0 Å². The minimum absolute atomic E-state index is 0.0694. The SMILES string of the molecule is CCC1(C=O)CS1. The molecule has 1 saturated heterocycles. The van der Waals surface area contributed by atoms with Gasteiger partial charge in [-0.15, -0.1) is 11.8 Å². The van der Waals surface area contributed by atoms with Crippen molar-refractivity contribution in [3.8, 4) is 0 Å². The van der Waals surface area contributed by atoms with E-state index in [9.17, 15) is 4.79 Å². The van der Waals surface area contributed by atoms with Gasteiger partial charge in [-0.1, -0.05) is 6.92 Å². The minimum Gasteiger partial charge on any atom is -0.302 e. The molecule has 1 aliphatic heterocycles. The highest BCUT2D eigenvalue weighted by Gasteiger charge is 2.41. The number of carbonyl (C=O) groups is 1. The number of hydrogen-bond donors (Lipinski definition) is 0. The summed E-state index contributed by atoms with van der Waals surface area (Å²) >= 11 is 1.75. The molecule has 2 heteroatoms. The van der Waals surface area contributed by atoms with E-state index in [0.717, 1.165) is 18.5 Å². The molecule has 0 radical (unpaired) electrons. The average Bonchev–Trinajstić information content (AvgIpc) is 2.46. The lowest BCUT2D eigenvalue weighted by Gasteiger charge is -1.93. The molecule has 1 rings (SSSR count). The van der Waals surface area contributed by atoms with E-state index >= 15 is 0 Å². The molecule has 0 saturated carbocycles. The second-order valence-electron chi connectivity index (χ2n) is 1.82. The summed E-state index contributed by atoms with van der Waals surface area (Å²) in [5.41, 5.74) is 0. The third kappa shape index (κ3) is 0.801. The van der Waals surface area contributed by atoms with E-state index in [1.165, 1.54) is 0 Å². The molecule has 1 unspecified atom stereocenters.